The number of pyridine rings is 1. The largest absolute Gasteiger partial charge is 0.353 e. The number of hydrogen-bond donors (Lipinski definition) is 1. The van der Waals surface area contributed by atoms with Gasteiger partial charge < -0.3 is 10.2 Å². The van der Waals surface area contributed by atoms with E-state index in [0.717, 1.165) is 29.5 Å². The normalized spacial score (nSPS) is 18.4. The van der Waals surface area contributed by atoms with Gasteiger partial charge in [-0.3, -0.25) is 19.3 Å². The first-order chi connectivity index (χ1) is 15.9. The molecule has 1 atom stereocenters. The molecule has 7 nitrogen and oxygen atoms in total. The van der Waals surface area contributed by atoms with Crippen molar-refractivity contribution in [3.8, 4) is 11.1 Å². The Morgan fingerprint density at radius 2 is 1.94 bits per heavy atom. The van der Waals surface area contributed by atoms with Gasteiger partial charge in [0.1, 0.15) is 5.69 Å². The summed E-state index contributed by atoms with van der Waals surface area (Å²) in [6.45, 7) is 4.94. The highest BCUT2D eigenvalue weighted by molar-refractivity contribution is 5.93. The van der Waals surface area contributed by atoms with Gasteiger partial charge in [0.25, 0.3) is 5.91 Å². The average Bonchev–Trinajstić information content (AvgIpc) is 3.25. The quantitative estimate of drug-likeness (QED) is 0.630. The molecule has 7 heteroatoms. The van der Waals surface area contributed by atoms with E-state index >= 15 is 0 Å². The van der Waals surface area contributed by atoms with Gasteiger partial charge in [-0.1, -0.05) is 30.3 Å². The molecule has 3 heterocycles. The molecule has 0 spiro atoms. The Labute approximate surface area is 194 Å². The molecular formula is C26H31N5O2. The highest BCUT2D eigenvalue weighted by Crippen LogP contribution is 2.37. The zero-order valence-electron chi connectivity index (χ0n) is 19.5. The molecule has 0 saturated carbocycles. The average molecular weight is 446 g/mol. The van der Waals surface area contributed by atoms with Crippen LogP contribution in [0.3, 0.4) is 0 Å². The molecule has 2 amide bonds. The Balaban J connectivity index is 1.70. The monoisotopic (exact) mass is 445 g/mol. The van der Waals surface area contributed by atoms with Crippen molar-refractivity contribution in [2.45, 2.75) is 39.2 Å². The Hall–Kier alpha value is -3.48. The lowest BCUT2D eigenvalue weighted by Gasteiger charge is -2.42. The van der Waals surface area contributed by atoms with Crippen LogP contribution in [0.1, 0.15) is 42.7 Å². The molecule has 1 aliphatic heterocycles. The van der Waals surface area contributed by atoms with Crippen molar-refractivity contribution in [3.63, 3.8) is 0 Å². The minimum atomic E-state index is -0.713. The SMILES string of the molecule is CC(C)NC(=O)[C@@]1(Cc2ccccc2-c2cccnc2)CCCN(C(=O)c2ccnn2C)C1. The molecule has 0 radical (unpaired) electrons. The molecular weight excluding hydrogens is 414 g/mol. The molecule has 1 aromatic carbocycles. The maximum absolute atomic E-state index is 13.6. The summed E-state index contributed by atoms with van der Waals surface area (Å²) in [6, 6.07) is 13.9. The number of piperidine rings is 1. The van der Waals surface area contributed by atoms with Crippen molar-refractivity contribution < 1.29 is 9.59 Å². The van der Waals surface area contributed by atoms with Crippen molar-refractivity contribution >= 4 is 11.8 Å². The van der Waals surface area contributed by atoms with Crippen molar-refractivity contribution in [2.24, 2.45) is 12.5 Å². The number of nitrogens with zero attached hydrogens (tertiary/aromatic N) is 4. The molecule has 4 rings (SSSR count). The first-order valence-electron chi connectivity index (χ1n) is 11.5. The van der Waals surface area contributed by atoms with E-state index in [4.69, 9.17) is 0 Å². The molecule has 3 aromatic rings. The number of carbonyl (C=O) groups is 2. The fourth-order valence-electron chi connectivity index (χ4n) is 4.72. The Kier molecular flexibility index (Phi) is 6.58. The van der Waals surface area contributed by atoms with E-state index in [0.29, 0.717) is 25.2 Å². The van der Waals surface area contributed by atoms with Crippen LogP contribution in [0.25, 0.3) is 11.1 Å². The topological polar surface area (TPSA) is 80.1 Å². The van der Waals surface area contributed by atoms with Gasteiger partial charge in [0.2, 0.25) is 5.91 Å². The lowest BCUT2D eigenvalue weighted by atomic mass is 9.73. The fraction of sp³-hybridized carbons (Fsp3) is 0.385. The van der Waals surface area contributed by atoms with Gasteiger partial charge in [-0.2, -0.15) is 5.10 Å². The minimum Gasteiger partial charge on any atom is -0.353 e. The van der Waals surface area contributed by atoms with Crippen molar-refractivity contribution in [1.82, 2.24) is 25.0 Å². The number of likely N-dealkylation sites (tertiary alicyclic amines) is 1. The van der Waals surface area contributed by atoms with Gasteiger partial charge in [-0.05, 0) is 56.4 Å². The zero-order valence-corrected chi connectivity index (χ0v) is 19.5. The molecule has 172 valence electrons. The van der Waals surface area contributed by atoms with E-state index in [1.807, 2.05) is 49.2 Å². The Morgan fingerprint density at radius 1 is 1.12 bits per heavy atom. The van der Waals surface area contributed by atoms with Crippen LogP contribution in [0.5, 0.6) is 0 Å². The second-order valence-corrected chi connectivity index (χ2v) is 9.15. The third-order valence-corrected chi connectivity index (χ3v) is 6.32. The number of aromatic nitrogens is 3. The van der Waals surface area contributed by atoms with Gasteiger partial charge in [0.15, 0.2) is 0 Å². The summed E-state index contributed by atoms with van der Waals surface area (Å²) in [5.74, 6) is -0.0852. The summed E-state index contributed by atoms with van der Waals surface area (Å²) in [7, 11) is 1.76. The number of nitrogens with one attached hydrogen (secondary N) is 1. The van der Waals surface area contributed by atoms with Crippen LogP contribution in [-0.2, 0) is 18.3 Å². The molecule has 1 saturated heterocycles. The molecule has 2 aromatic heterocycles. The van der Waals surface area contributed by atoms with E-state index in [2.05, 4.69) is 27.5 Å². The number of aryl methyl sites for hydroxylation is 1. The Morgan fingerprint density at radius 3 is 2.64 bits per heavy atom. The van der Waals surface area contributed by atoms with E-state index in [-0.39, 0.29) is 17.9 Å². The zero-order chi connectivity index (χ0) is 23.4. The van der Waals surface area contributed by atoms with Crippen LogP contribution in [0, 0.1) is 5.41 Å². The predicted octanol–water partition coefficient (Wildman–Crippen LogP) is 3.47. The van der Waals surface area contributed by atoms with Crippen molar-refractivity contribution in [1.29, 1.82) is 0 Å². The number of benzene rings is 1. The van der Waals surface area contributed by atoms with Crippen LogP contribution in [0.4, 0.5) is 0 Å². The maximum Gasteiger partial charge on any atom is 0.272 e. The Bertz CT molecular complexity index is 1120. The molecule has 1 fully saturated rings. The summed E-state index contributed by atoms with van der Waals surface area (Å²) in [5, 5.41) is 7.27. The maximum atomic E-state index is 13.6. The standard InChI is InChI=1S/C26H31N5O2/c1-19(2)29-25(33)26(12-7-15-31(18-26)24(32)23-11-14-28-30(23)3)16-20-8-4-5-10-22(20)21-9-6-13-27-17-21/h4-6,8-11,13-14,17,19H,7,12,15-16,18H2,1-3H3,(H,29,33)/t26-/m1/s1. The number of rotatable bonds is 6. The van der Waals surface area contributed by atoms with Gasteiger partial charge >= 0.3 is 0 Å². The van der Waals surface area contributed by atoms with E-state index in [1.165, 1.54) is 0 Å². The van der Waals surface area contributed by atoms with Crippen molar-refractivity contribution in [2.75, 3.05) is 13.1 Å². The van der Waals surface area contributed by atoms with E-state index in [9.17, 15) is 9.59 Å². The smallest absolute Gasteiger partial charge is 0.272 e. The highest BCUT2D eigenvalue weighted by Gasteiger charge is 2.44. The summed E-state index contributed by atoms with van der Waals surface area (Å²) < 4.78 is 1.59. The third kappa shape index (κ3) is 4.82. The predicted molar refractivity (Wildman–Crippen MR) is 127 cm³/mol. The van der Waals surface area contributed by atoms with Crippen LogP contribution >= 0.6 is 0 Å². The fourth-order valence-corrected chi connectivity index (χ4v) is 4.72. The third-order valence-electron chi connectivity index (χ3n) is 6.32. The summed E-state index contributed by atoms with van der Waals surface area (Å²) in [4.78, 5) is 33.0. The van der Waals surface area contributed by atoms with Gasteiger partial charge in [0.05, 0.1) is 5.41 Å². The van der Waals surface area contributed by atoms with Crippen LogP contribution in [0.15, 0.2) is 61.1 Å². The second-order valence-electron chi connectivity index (χ2n) is 9.15. The van der Waals surface area contributed by atoms with Crippen LogP contribution in [-0.4, -0.2) is 50.6 Å². The highest BCUT2D eigenvalue weighted by atomic mass is 16.2. The van der Waals surface area contributed by atoms with E-state index < -0.39 is 5.41 Å². The summed E-state index contributed by atoms with van der Waals surface area (Å²) >= 11 is 0. The number of hydrogen-bond acceptors (Lipinski definition) is 4. The molecule has 33 heavy (non-hydrogen) atoms. The lowest BCUT2D eigenvalue weighted by molar-refractivity contribution is -0.134. The number of carbonyl (C=O) groups excluding carboxylic acids is 2. The molecule has 1 N–H and O–H groups in total. The van der Waals surface area contributed by atoms with Crippen LogP contribution < -0.4 is 5.32 Å². The molecule has 1 aliphatic rings. The first-order valence-corrected chi connectivity index (χ1v) is 11.5. The van der Waals surface area contributed by atoms with Gasteiger partial charge in [-0.15, -0.1) is 0 Å². The summed E-state index contributed by atoms with van der Waals surface area (Å²) in [6.07, 6.45) is 7.27. The molecule has 0 bridgehead atoms. The van der Waals surface area contributed by atoms with Gasteiger partial charge in [-0.25, -0.2) is 0 Å². The second kappa shape index (κ2) is 9.57. The molecule has 0 aliphatic carbocycles. The summed E-state index contributed by atoms with van der Waals surface area (Å²) in [5.41, 5.74) is 2.99. The number of amides is 2. The van der Waals surface area contributed by atoms with Gasteiger partial charge in [0, 0.05) is 50.3 Å². The lowest BCUT2D eigenvalue weighted by Crippen LogP contribution is -2.55. The molecule has 0 unspecified atom stereocenters. The van der Waals surface area contributed by atoms with E-state index in [1.54, 1.807) is 30.2 Å². The van der Waals surface area contributed by atoms with Crippen LogP contribution in [0.2, 0.25) is 0 Å². The minimum absolute atomic E-state index is 0.000922. The first kappa shape index (κ1) is 22.7. The van der Waals surface area contributed by atoms with Crippen molar-refractivity contribution in [3.05, 3.63) is 72.3 Å².